The molecule has 2 aromatic rings. The van der Waals surface area contributed by atoms with Crippen molar-refractivity contribution in [3.8, 4) is 0 Å². The van der Waals surface area contributed by atoms with E-state index in [9.17, 15) is 28.5 Å². The Morgan fingerprint density at radius 1 is 1.26 bits per heavy atom. The average Bonchev–Trinajstić information content (AvgIpc) is 2.99. The van der Waals surface area contributed by atoms with E-state index >= 15 is 0 Å². The number of carbonyl (C=O) groups is 2. The van der Waals surface area contributed by atoms with Gasteiger partial charge in [0.25, 0.3) is 0 Å². The number of nitro benzene ring substituents is 1. The fourth-order valence-electron chi connectivity index (χ4n) is 2.77. The van der Waals surface area contributed by atoms with Gasteiger partial charge in [-0.3, -0.25) is 19.7 Å². The minimum absolute atomic E-state index is 0.00767. The molecule has 1 heterocycles. The molecular weight excluding hydrogens is 428 g/mol. The van der Waals surface area contributed by atoms with Crippen LogP contribution in [0.5, 0.6) is 0 Å². The highest BCUT2D eigenvalue weighted by molar-refractivity contribution is 9.10. The number of carbonyl (C=O) groups excluding carboxylic acids is 2. The SMILES string of the molecule is O=C(Nc1ccc(F)cc1Br)C1CC(=O)N(c2ccc(F)c([N+](=O)[O-])c2)C1. The normalized spacial score (nSPS) is 16.5. The molecule has 27 heavy (non-hydrogen) atoms. The maximum absolute atomic E-state index is 13.5. The van der Waals surface area contributed by atoms with Crippen LogP contribution in [0.3, 0.4) is 0 Å². The van der Waals surface area contributed by atoms with E-state index < -0.39 is 40.0 Å². The number of nitrogens with one attached hydrogen (secondary N) is 1. The molecule has 2 amide bonds. The first-order chi connectivity index (χ1) is 12.8. The smallest absolute Gasteiger partial charge is 0.306 e. The lowest BCUT2D eigenvalue weighted by atomic mass is 10.1. The molecule has 0 spiro atoms. The standard InChI is InChI=1S/C17H12BrF2N3O4/c18-12-6-10(19)1-4-14(12)21-17(25)9-5-16(24)22(8-9)11-2-3-13(20)15(7-11)23(26)27/h1-4,6-7,9H,5,8H2,(H,21,25). The number of benzene rings is 2. The maximum atomic E-state index is 13.5. The molecule has 1 aliphatic rings. The van der Waals surface area contributed by atoms with Crippen molar-refractivity contribution in [1.29, 1.82) is 0 Å². The van der Waals surface area contributed by atoms with Gasteiger partial charge in [-0.2, -0.15) is 4.39 Å². The summed E-state index contributed by atoms with van der Waals surface area (Å²) in [5, 5.41) is 13.5. The van der Waals surface area contributed by atoms with Gasteiger partial charge in [-0.1, -0.05) is 0 Å². The van der Waals surface area contributed by atoms with Gasteiger partial charge in [-0.25, -0.2) is 4.39 Å². The number of anilines is 2. The third-order valence-corrected chi connectivity index (χ3v) is 4.78. The minimum atomic E-state index is -1.01. The number of halogens is 3. The Kier molecular flexibility index (Phi) is 5.17. The Labute approximate surface area is 160 Å². The van der Waals surface area contributed by atoms with Crippen molar-refractivity contribution in [1.82, 2.24) is 0 Å². The van der Waals surface area contributed by atoms with Gasteiger partial charge in [0.1, 0.15) is 5.82 Å². The second-order valence-electron chi connectivity index (χ2n) is 5.91. The number of hydrogen-bond acceptors (Lipinski definition) is 4. The lowest BCUT2D eigenvalue weighted by molar-refractivity contribution is -0.387. The van der Waals surface area contributed by atoms with Crippen LogP contribution in [0.15, 0.2) is 40.9 Å². The summed E-state index contributed by atoms with van der Waals surface area (Å²) in [5.74, 6) is -3.05. The molecule has 1 fully saturated rings. The quantitative estimate of drug-likeness (QED) is 0.581. The number of amides is 2. The Morgan fingerprint density at radius 3 is 2.67 bits per heavy atom. The molecule has 1 saturated heterocycles. The van der Waals surface area contributed by atoms with Crippen LogP contribution in [0.1, 0.15) is 6.42 Å². The van der Waals surface area contributed by atoms with Crippen LogP contribution in [0.25, 0.3) is 0 Å². The van der Waals surface area contributed by atoms with Crippen molar-refractivity contribution < 1.29 is 23.3 Å². The molecule has 0 aliphatic carbocycles. The highest BCUT2D eigenvalue weighted by Gasteiger charge is 2.36. The zero-order valence-corrected chi connectivity index (χ0v) is 15.2. The summed E-state index contributed by atoms with van der Waals surface area (Å²) in [5.41, 5.74) is -0.250. The molecule has 140 valence electrons. The van der Waals surface area contributed by atoms with E-state index in [1.54, 1.807) is 0 Å². The van der Waals surface area contributed by atoms with Gasteiger partial charge in [-0.05, 0) is 46.3 Å². The second-order valence-corrected chi connectivity index (χ2v) is 6.77. The largest absolute Gasteiger partial charge is 0.325 e. The Hall–Kier alpha value is -2.88. The van der Waals surface area contributed by atoms with Gasteiger partial charge in [0, 0.05) is 23.5 Å². The Balaban J connectivity index is 1.76. The van der Waals surface area contributed by atoms with E-state index in [0.717, 1.165) is 12.1 Å². The van der Waals surface area contributed by atoms with Crippen LogP contribution in [0, 0.1) is 27.7 Å². The number of hydrogen-bond donors (Lipinski definition) is 1. The summed E-state index contributed by atoms with van der Waals surface area (Å²) in [7, 11) is 0. The summed E-state index contributed by atoms with van der Waals surface area (Å²) in [6.45, 7) is -0.00767. The molecule has 1 atom stereocenters. The molecule has 1 N–H and O–H groups in total. The first-order valence-corrected chi connectivity index (χ1v) is 8.56. The molecule has 2 aromatic carbocycles. The zero-order valence-electron chi connectivity index (χ0n) is 13.6. The Bertz CT molecular complexity index is 954. The molecule has 1 unspecified atom stereocenters. The fraction of sp³-hybridized carbons (Fsp3) is 0.176. The summed E-state index contributed by atoms with van der Waals surface area (Å²) in [4.78, 5) is 35.9. The second kappa shape index (κ2) is 7.39. The average molecular weight is 440 g/mol. The molecule has 10 heteroatoms. The van der Waals surface area contributed by atoms with Crippen LogP contribution in [0.2, 0.25) is 0 Å². The Morgan fingerprint density at radius 2 is 2.00 bits per heavy atom. The van der Waals surface area contributed by atoms with E-state index in [0.29, 0.717) is 10.2 Å². The third kappa shape index (κ3) is 3.95. The minimum Gasteiger partial charge on any atom is -0.325 e. The highest BCUT2D eigenvalue weighted by atomic mass is 79.9. The number of rotatable bonds is 4. The van der Waals surface area contributed by atoms with Crippen LogP contribution < -0.4 is 10.2 Å². The van der Waals surface area contributed by atoms with Gasteiger partial charge in [0.15, 0.2) is 0 Å². The van der Waals surface area contributed by atoms with Crippen molar-refractivity contribution >= 4 is 44.8 Å². The molecule has 0 radical (unpaired) electrons. The van der Waals surface area contributed by atoms with Gasteiger partial charge in [0.2, 0.25) is 17.6 Å². The monoisotopic (exact) mass is 439 g/mol. The van der Waals surface area contributed by atoms with Gasteiger partial charge >= 0.3 is 5.69 Å². The molecule has 0 bridgehead atoms. The predicted molar refractivity (Wildman–Crippen MR) is 96.2 cm³/mol. The van der Waals surface area contributed by atoms with Crippen molar-refractivity contribution in [3.05, 3.63) is 62.6 Å². The first-order valence-electron chi connectivity index (χ1n) is 7.76. The molecule has 7 nitrogen and oxygen atoms in total. The van der Waals surface area contributed by atoms with E-state index in [4.69, 9.17) is 0 Å². The van der Waals surface area contributed by atoms with Crippen molar-refractivity contribution in [3.63, 3.8) is 0 Å². The lowest BCUT2D eigenvalue weighted by Crippen LogP contribution is -2.28. The third-order valence-electron chi connectivity index (χ3n) is 4.12. The first kappa shape index (κ1) is 18.9. The van der Waals surface area contributed by atoms with Crippen molar-refractivity contribution in [2.24, 2.45) is 5.92 Å². The number of nitro groups is 1. The highest BCUT2D eigenvalue weighted by Crippen LogP contribution is 2.31. The summed E-state index contributed by atoms with van der Waals surface area (Å²) < 4.78 is 27.0. The van der Waals surface area contributed by atoms with Gasteiger partial charge in [-0.15, -0.1) is 0 Å². The van der Waals surface area contributed by atoms with Crippen molar-refractivity contribution in [2.45, 2.75) is 6.42 Å². The fourth-order valence-corrected chi connectivity index (χ4v) is 3.22. The lowest BCUT2D eigenvalue weighted by Gasteiger charge is -2.17. The van der Waals surface area contributed by atoms with Crippen LogP contribution in [-0.4, -0.2) is 23.3 Å². The van der Waals surface area contributed by atoms with E-state index in [2.05, 4.69) is 21.2 Å². The molecule has 3 rings (SSSR count). The van der Waals surface area contributed by atoms with Crippen LogP contribution in [0.4, 0.5) is 25.8 Å². The van der Waals surface area contributed by atoms with Crippen LogP contribution >= 0.6 is 15.9 Å². The molecular formula is C17H12BrF2N3O4. The zero-order chi connectivity index (χ0) is 19.7. The van der Waals surface area contributed by atoms with Crippen molar-refractivity contribution in [2.75, 3.05) is 16.8 Å². The summed E-state index contributed by atoms with van der Waals surface area (Å²) in [6, 6.07) is 6.88. The summed E-state index contributed by atoms with van der Waals surface area (Å²) >= 11 is 3.14. The van der Waals surface area contributed by atoms with E-state index in [1.807, 2.05) is 0 Å². The molecule has 0 aromatic heterocycles. The van der Waals surface area contributed by atoms with Gasteiger partial charge < -0.3 is 10.2 Å². The van der Waals surface area contributed by atoms with E-state index in [-0.39, 0.29) is 18.7 Å². The molecule has 0 saturated carbocycles. The van der Waals surface area contributed by atoms with Gasteiger partial charge in [0.05, 0.1) is 22.2 Å². The van der Waals surface area contributed by atoms with Crippen LogP contribution in [-0.2, 0) is 9.59 Å². The predicted octanol–water partition coefficient (Wildman–Crippen LogP) is 3.63. The summed E-state index contributed by atoms with van der Waals surface area (Å²) in [6.07, 6.45) is -0.101. The van der Waals surface area contributed by atoms with E-state index in [1.165, 1.54) is 29.2 Å². The molecule has 1 aliphatic heterocycles. The maximum Gasteiger partial charge on any atom is 0.306 e. The number of nitrogens with zero attached hydrogens (tertiary/aromatic N) is 2. The topological polar surface area (TPSA) is 92.6 Å².